The van der Waals surface area contributed by atoms with Crippen LogP contribution in [-0.2, 0) is 4.79 Å². The quantitative estimate of drug-likeness (QED) is 0.750. The third kappa shape index (κ3) is 5.70. The highest BCUT2D eigenvalue weighted by atomic mass is 19.1. The molecule has 0 aliphatic heterocycles. The second kappa shape index (κ2) is 8.48. The van der Waals surface area contributed by atoms with Crippen molar-refractivity contribution in [3.05, 3.63) is 30.1 Å². The molecule has 1 rings (SSSR count). The number of carbonyl (C=O) groups is 1. The molecule has 0 atom stereocenters. The summed E-state index contributed by atoms with van der Waals surface area (Å²) in [7, 11) is 0. The molecule has 0 spiro atoms. The van der Waals surface area contributed by atoms with E-state index in [0.29, 0.717) is 26.1 Å². The van der Waals surface area contributed by atoms with Gasteiger partial charge in [-0.05, 0) is 38.1 Å². The number of hydrogen-bond donors (Lipinski definition) is 2. The van der Waals surface area contributed by atoms with E-state index in [1.165, 1.54) is 12.1 Å². The van der Waals surface area contributed by atoms with Crippen molar-refractivity contribution in [2.24, 2.45) is 5.73 Å². The van der Waals surface area contributed by atoms with E-state index in [-0.39, 0.29) is 11.7 Å². The Morgan fingerprint density at radius 3 is 2.84 bits per heavy atom. The average Bonchev–Trinajstić information content (AvgIpc) is 2.39. The molecule has 3 N–H and O–H groups in total. The van der Waals surface area contributed by atoms with Gasteiger partial charge in [0.2, 0.25) is 5.91 Å². The summed E-state index contributed by atoms with van der Waals surface area (Å²) < 4.78 is 13.2. The van der Waals surface area contributed by atoms with E-state index >= 15 is 0 Å². The van der Waals surface area contributed by atoms with E-state index in [0.717, 1.165) is 18.7 Å². The second-order valence-corrected chi connectivity index (χ2v) is 4.31. The van der Waals surface area contributed by atoms with Crippen molar-refractivity contribution >= 4 is 11.6 Å². The molecule has 0 saturated carbocycles. The molecule has 0 bridgehead atoms. The number of carbonyl (C=O) groups excluding carboxylic acids is 1. The molecule has 1 amide bonds. The highest BCUT2D eigenvalue weighted by Crippen LogP contribution is 2.16. The molecule has 0 saturated heterocycles. The summed E-state index contributed by atoms with van der Waals surface area (Å²) in [6.07, 6.45) is 1.21. The first-order valence-corrected chi connectivity index (χ1v) is 6.64. The van der Waals surface area contributed by atoms with Gasteiger partial charge in [-0.25, -0.2) is 4.39 Å². The Hall–Kier alpha value is -1.62. The minimum absolute atomic E-state index is 0.0108. The molecule has 19 heavy (non-hydrogen) atoms. The zero-order chi connectivity index (χ0) is 14.1. The Morgan fingerprint density at radius 1 is 1.42 bits per heavy atom. The molecule has 4 nitrogen and oxygen atoms in total. The molecular weight excluding hydrogens is 245 g/mol. The summed E-state index contributed by atoms with van der Waals surface area (Å²) in [6.45, 7) is 4.37. The fourth-order valence-corrected chi connectivity index (χ4v) is 1.85. The average molecular weight is 267 g/mol. The standard InChI is InChI=1S/C14H22FN3O/c1-2-17-14(19)7-10-18(9-4-8-16)13-6-3-5-12(15)11-13/h3,5-6,11H,2,4,7-10,16H2,1H3,(H,17,19). The van der Waals surface area contributed by atoms with Crippen LogP contribution in [0, 0.1) is 5.82 Å². The molecule has 0 radical (unpaired) electrons. The first-order valence-electron chi connectivity index (χ1n) is 6.64. The van der Waals surface area contributed by atoms with Crippen molar-refractivity contribution in [1.29, 1.82) is 0 Å². The summed E-state index contributed by atoms with van der Waals surface area (Å²) in [5, 5.41) is 2.76. The topological polar surface area (TPSA) is 58.4 Å². The molecule has 0 aromatic heterocycles. The second-order valence-electron chi connectivity index (χ2n) is 4.31. The molecule has 106 valence electrons. The predicted octanol–water partition coefficient (Wildman–Crippen LogP) is 1.51. The molecular formula is C14H22FN3O. The van der Waals surface area contributed by atoms with Crippen molar-refractivity contribution in [3.63, 3.8) is 0 Å². The van der Waals surface area contributed by atoms with Crippen LogP contribution in [0.2, 0.25) is 0 Å². The number of rotatable bonds is 8. The lowest BCUT2D eigenvalue weighted by atomic mass is 10.2. The number of amides is 1. The number of anilines is 1. The number of halogens is 1. The first kappa shape index (κ1) is 15.4. The normalized spacial score (nSPS) is 10.3. The predicted molar refractivity (Wildman–Crippen MR) is 75.6 cm³/mol. The van der Waals surface area contributed by atoms with Crippen molar-refractivity contribution < 1.29 is 9.18 Å². The van der Waals surface area contributed by atoms with Gasteiger partial charge in [-0.15, -0.1) is 0 Å². The molecule has 1 aromatic carbocycles. The zero-order valence-electron chi connectivity index (χ0n) is 11.4. The van der Waals surface area contributed by atoms with Crippen molar-refractivity contribution in [3.8, 4) is 0 Å². The van der Waals surface area contributed by atoms with Crippen molar-refractivity contribution in [2.45, 2.75) is 19.8 Å². The Kier molecular flexibility index (Phi) is 6.89. The molecule has 0 heterocycles. The van der Waals surface area contributed by atoms with Gasteiger partial charge in [0.15, 0.2) is 0 Å². The Bertz CT molecular complexity index is 398. The summed E-state index contributed by atoms with van der Waals surface area (Å²) in [5.74, 6) is -0.259. The maximum absolute atomic E-state index is 13.2. The molecule has 1 aromatic rings. The van der Waals surface area contributed by atoms with Crippen LogP contribution in [0.15, 0.2) is 24.3 Å². The fraction of sp³-hybridized carbons (Fsp3) is 0.500. The van der Waals surface area contributed by atoms with E-state index in [1.807, 2.05) is 17.9 Å². The number of hydrogen-bond acceptors (Lipinski definition) is 3. The van der Waals surface area contributed by atoms with Gasteiger partial charge in [0.25, 0.3) is 0 Å². The monoisotopic (exact) mass is 267 g/mol. The fourth-order valence-electron chi connectivity index (χ4n) is 1.85. The van der Waals surface area contributed by atoms with Gasteiger partial charge in [0.1, 0.15) is 5.82 Å². The lowest BCUT2D eigenvalue weighted by Crippen LogP contribution is -2.32. The Labute approximate surface area is 113 Å². The third-order valence-corrected chi connectivity index (χ3v) is 2.79. The zero-order valence-corrected chi connectivity index (χ0v) is 11.4. The third-order valence-electron chi connectivity index (χ3n) is 2.79. The maximum atomic E-state index is 13.2. The number of benzene rings is 1. The number of nitrogens with two attached hydrogens (primary N) is 1. The lowest BCUT2D eigenvalue weighted by Gasteiger charge is -2.24. The van der Waals surface area contributed by atoms with Gasteiger partial charge in [-0.2, -0.15) is 0 Å². The van der Waals surface area contributed by atoms with Crippen LogP contribution in [0.1, 0.15) is 19.8 Å². The van der Waals surface area contributed by atoms with Gasteiger partial charge in [0.05, 0.1) is 0 Å². The highest BCUT2D eigenvalue weighted by molar-refractivity contribution is 5.76. The van der Waals surface area contributed by atoms with E-state index in [9.17, 15) is 9.18 Å². The van der Waals surface area contributed by atoms with Crippen LogP contribution in [0.25, 0.3) is 0 Å². The minimum atomic E-state index is -0.270. The number of nitrogens with zero attached hydrogens (tertiary/aromatic N) is 1. The minimum Gasteiger partial charge on any atom is -0.371 e. The number of nitrogens with one attached hydrogen (secondary N) is 1. The van der Waals surface area contributed by atoms with Crippen LogP contribution in [0.5, 0.6) is 0 Å². The summed E-state index contributed by atoms with van der Waals surface area (Å²) >= 11 is 0. The molecule has 0 aliphatic carbocycles. The molecule has 5 heteroatoms. The van der Waals surface area contributed by atoms with E-state index in [2.05, 4.69) is 5.32 Å². The summed E-state index contributed by atoms with van der Waals surface area (Å²) in [5.41, 5.74) is 6.30. The van der Waals surface area contributed by atoms with Gasteiger partial charge >= 0.3 is 0 Å². The van der Waals surface area contributed by atoms with Crippen molar-refractivity contribution in [2.75, 3.05) is 31.1 Å². The van der Waals surface area contributed by atoms with Crippen LogP contribution >= 0.6 is 0 Å². The smallest absolute Gasteiger partial charge is 0.221 e. The van der Waals surface area contributed by atoms with Gasteiger partial charge in [0, 0.05) is 31.7 Å². The highest BCUT2D eigenvalue weighted by Gasteiger charge is 2.09. The largest absolute Gasteiger partial charge is 0.371 e. The van der Waals surface area contributed by atoms with Gasteiger partial charge in [-0.3, -0.25) is 4.79 Å². The lowest BCUT2D eigenvalue weighted by molar-refractivity contribution is -0.120. The Balaban J connectivity index is 2.63. The van der Waals surface area contributed by atoms with Crippen LogP contribution in [0.4, 0.5) is 10.1 Å². The van der Waals surface area contributed by atoms with Gasteiger partial charge in [-0.1, -0.05) is 6.07 Å². The maximum Gasteiger partial charge on any atom is 0.221 e. The molecule has 0 unspecified atom stereocenters. The van der Waals surface area contributed by atoms with Gasteiger partial charge < -0.3 is 16.0 Å². The van der Waals surface area contributed by atoms with Crippen LogP contribution in [-0.4, -0.2) is 32.1 Å². The Morgan fingerprint density at radius 2 is 2.21 bits per heavy atom. The van der Waals surface area contributed by atoms with Crippen molar-refractivity contribution in [1.82, 2.24) is 5.32 Å². The molecule has 0 aliphatic rings. The van der Waals surface area contributed by atoms with E-state index < -0.39 is 0 Å². The molecule has 0 fully saturated rings. The van der Waals surface area contributed by atoms with Crippen LogP contribution < -0.4 is 16.0 Å². The summed E-state index contributed by atoms with van der Waals surface area (Å²) in [6, 6.07) is 6.41. The van der Waals surface area contributed by atoms with Crippen LogP contribution in [0.3, 0.4) is 0 Å². The van der Waals surface area contributed by atoms with E-state index in [1.54, 1.807) is 6.07 Å². The van der Waals surface area contributed by atoms with E-state index in [4.69, 9.17) is 5.73 Å². The first-order chi connectivity index (χ1) is 9.17. The summed E-state index contributed by atoms with van der Waals surface area (Å²) in [4.78, 5) is 13.5. The SMILES string of the molecule is CCNC(=O)CCN(CCCN)c1cccc(F)c1.